The smallest absolute Gasteiger partial charge is 0.127 e. The molecule has 0 aromatic heterocycles. The van der Waals surface area contributed by atoms with Crippen molar-refractivity contribution in [2.45, 2.75) is 32.9 Å². The molecule has 0 saturated carbocycles. The van der Waals surface area contributed by atoms with Gasteiger partial charge >= 0.3 is 0 Å². The first-order chi connectivity index (χ1) is 6.92. The number of nitrogens with one attached hydrogen (secondary N) is 1. The van der Waals surface area contributed by atoms with Gasteiger partial charge in [-0.25, -0.2) is 0 Å². The first-order valence-electron chi connectivity index (χ1n) is 5.03. The number of ether oxygens (including phenoxy) is 1. The van der Waals surface area contributed by atoms with E-state index in [-0.39, 0.29) is 11.3 Å². The van der Waals surface area contributed by atoms with Crippen molar-refractivity contribution >= 4 is 0 Å². The van der Waals surface area contributed by atoms with E-state index in [0.29, 0.717) is 5.75 Å². The van der Waals surface area contributed by atoms with Crippen molar-refractivity contribution in [3.8, 4) is 11.5 Å². The maximum atomic E-state index is 9.30. The predicted octanol–water partition coefficient (Wildman–Crippen LogP) is 2.29. The van der Waals surface area contributed by atoms with Crippen molar-refractivity contribution in [1.82, 2.24) is 5.32 Å². The van der Waals surface area contributed by atoms with Crippen LogP contribution in [0, 0.1) is 0 Å². The fourth-order valence-electron chi connectivity index (χ4n) is 1.24. The second-order valence-corrected chi connectivity index (χ2v) is 4.60. The summed E-state index contributed by atoms with van der Waals surface area (Å²) in [6.45, 7) is 7.06. The highest BCUT2D eigenvalue weighted by Gasteiger charge is 2.10. The molecule has 0 aliphatic rings. The number of hydrogen-bond acceptors (Lipinski definition) is 3. The van der Waals surface area contributed by atoms with Gasteiger partial charge in [0.25, 0.3) is 0 Å². The lowest BCUT2D eigenvalue weighted by Crippen LogP contribution is -2.35. The van der Waals surface area contributed by atoms with Crippen molar-refractivity contribution in [1.29, 1.82) is 0 Å². The normalized spacial score (nSPS) is 11.5. The molecule has 0 bridgehead atoms. The van der Waals surface area contributed by atoms with E-state index in [0.717, 1.165) is 12.1 Å². The maximum absolute atomic E-state index is 9.30. The minimum absolute atomic E-state index is 0.0723. The van der Waals surface area contributed by atoms with Crippen LogP contribution in [0.2, 0.25) is 0 Å². The van der Waals surface area contributed by atoms with E-state index in [2.05, 4.69) is 26.1 Å². The quantitative estimate of drug-likeness (QED) is 0.802. The number of phenols is 1. The van der Waals surface area contributed by atoms with Crippen molar-refractivity contribution in [2.24, 2.45) is 0 Å². The lowest BCUT2D eigenvalue weighted by Gasteiger charge is -2.21. The highest BCUT2D eigenvalue weighted by molar-refractivity contribution is 5.39. The third-order valence-electron chi connectivity index (χ3n) is 2.08. The van der Waals surface area contributed by atoms with Gasteiger partial charge in [0.1, 0.15) is 11.5 Å². The van der Waals surface area contributed by atoms with Gasteiger partial charge in [-0.3, -0.25) is 0 Å². The summed E-state index contributed by atoms with van der Waals surface area (Å²) in [5.74, 6) is 0.943. The third-order valence-corrected chi connectivity index (χ3v) is 2.08. The SMILES string of the molecule is COc1cc(O)ccc1CNC(C)(C)C. The Morgan fingerprint density at radius 2 is 2.00 bits per heavy atom. The van der Waals surface area contributed by atoms with E-state index in [1.807, 2.05) is 6.07 Å². The summed E-state index contributed by atoms with van der Waals surface area (Å²) in [6, 6.07) is 5.16. The van der Waals surface area contributed by atoms with Gasteiger partial charge in [-0.2, -0.15) is 0 Å². The Morgan fingerprint density at radius 1 is 1.33 bits per heavy atom. The van der Waals surface area contributed by atoms with E-state index in [1.54, 1.807) is 19.2 Å². The Hall–Kier alpha value is -1.22. The molecular formula is C12H19NO2. The molecule has 0 fully saturated rings. The predicted molar refractivity (Wildman–Crippen MR) is 61.3 cm³/mol. The van der Waals surface area contributed by atoms with Gasteiger partial charge < -0.3 is 15.2 Å². The number of methoxy groups -OCH3 is 1. The first-order valence-corrected chi connectivity index (χ1v) is 5.03. The highest BCUT2D eigenvalue weighted by Crippen LogP contribution is 2.23. The Kier molecular flexibility index (Phi) is 3.58. The molecule has 0 amide bonds. The standard InChI is InChI=1S/C12H19NO2/c1-12(2,3)13-8-9-5-6-10(14)7-11(9)15-4/h5-7,13-14H,8H2,1-4H3. The van der Waals surface area contributed by atoms with Gasteiger partial charge in [0.2, 0.25) is 0 Å². The van der Waals surface area contributed by atoms with Crippen LogP contribution in [0.15, 0.2) is 18.2 Å². The first kappa shape index (κ1) is 11.9. The molecule has 3 heteroatoms. The summed E-state index contributed by atoms with van der Waals surface area (Å²) in [7, 11) is 1.61. The Balaban J connectivity index is 2.76. The summed E-state index contributed by atoms with van der Waals surface area (Å²) >= 11 is 0. The van der Waals surface area contributed by atoms with Crippen LogP contribution in [0.1, 0.15) is 26.3 Å². The van der Waals surface area contributed by atoms with E-state index in [9.17, 15) is 5.11 Å². The molecule has 0 spiro atoms. The van der Waals surface area contributed by atoms with Crippen LogP contribution >= 0.6 is 0 Å². The van der Waals surface area contributed by atoms with Crippen LogP contribution in [0.4, 0.5) is 0 Å². The second-order valence-electron chi connectivity index (χ2n) is 4.60. The number of rotatable bonds is 3. The molecule has 0 aliphatic heterocycles. The third kappa shape index (κ3) is 3.80. The minimum atomic E-state index is 0.0723. The minimum Gasteiger partial charge on any atom is -0.508 e. The second kappa shape index (κ2) is 4.53. The summed E-state index contributed by atoms with van der Waals surface area (Å²) in [5.41, 5.74) is 1.12. The molecule has 2 N–H and O–H groups in total. The van der Waals surface area contributed by atoms with Gasteiger partial charge in [-0.15, -0.1) is 0 Å². The molecule has 1 aromatic rings. The van der Waals surface area contributed by atoms with E-state index < -0.39 is 0 Å². The van der Waals surface area contributed by atoms with E-state index >= 15 is 0 Å². The molecule has 0 atom stereocenters. The van der Waals surface area contributed by atoms with Crippen LogP contribution in [0.5, 0.6) is 11.5 Å². The molecule has 0 saturated heterocycles. The average molecular weight is 209 g/mol. The van der Waals surface area contributed by atoms with Crippen LogP contribution in [0.3, 0.4) is 0 Å². The molecule has 1 aromatic carbocycles. The zero-order valence-corrected chi connectivity index (χ0v) is 9.79. The van der Waals surface area contributed by atoms with Crippen LogP contribution < -0.4 is 10.1 Å². The van der Waals surface area contributed by atoms with Gasteiger partial charge in [0, 0.05) is 23.7 Å². The topological polar surface area (TPSA) is 41.5 Å². The van der Waals surface area contributed by atoms with Crippen molar-refractivity contribution in [2.75, 3.05) is 7.11 Å². The summed E-state index contributed by atoms with van der Waals surface area (Å²) in [6.07, 6.45) is 0. The van der Waals surface area contributed by atoms with Gasteiger partial charge in [-0.1, -0.05) is 6.07 Å². The van der Waals surface area contributed by atoms with Crippen molar-refractivity contribution < 1.29 is 9.84 Å². The lowest BCUT2D eigenvalue weighted by atomic mass is 10.1. The number of aromatic hydroxyl groups is 1. The van der Waals surface area contributed by atoms with Crippen molar-refractivity contribution in [3.05, 3.63) is 23.8 Å². The molecule has 0 aliphatic carbocycles. The maximum Gasteiger partial charge on any atom is 0.127 e. The number of benzene rings is 1. The largest absolute Gasteiger partial charge is 0.508 e. The Bertz CT molecular complexity index is 329. The molecule has 3 nitrogen and oxygen atoms in total. The van der Waals surface area contributed by atoms with E-state index in [4.69, 9.17) is 4.74 Å². The van der Waals surface area contributed by atoms with Crippen LogP contribution in [-0.4, -0.2) is 17.8 Å². The summed E-state index contributed by atoms with van der Waals surface area (Å²) < 4.78 is 5.19. The summed E-state index contributed by atoms with van der Waals surface area (Å²) in [5, 5.41) is 12.7. The number of phenolic OH excluding ortho intramolecular Hbond substituents is 1. The van der Waals surface area contributed by atoms with Gasteiger partial charge in [0.15, 0.2) is 0 Å². The zero-order chi connectivity index (χ0) is 11.5. The highest BCUT2D eigenvalue weighted by atomic mass is 16.5. The van der Waals surface area contributed by atoms with Crippen LogP contribution in [-0.2, 0) is 6.54 Å². The molecule has 0 unspecified atom stereocenters. The fourth-order valence-corrected chi connectivity index (χ4v) is 1.24. The molecular weight excluding hydrogens is 190 g/mol. The summed E-state index contributed by atoms with van der Waals surface area (Å²) in [4.78, 5) is 0. The fraction of sp³-hybridized carbons (Fsp3) is 0.500. The van der Waals surface area contributed by atoms with Gasteiger partial charge in [-0.05, 0) is 26.8 Å². The average Bonchev–Trinajstić information content (AvgIpc) is 2.14. The Labute approximate surface area is 91.1 Å². The van der Waals surface area contributed by atoms with E-state index in [1.165, 1.54) is 0 Å². The Morgan fingerprint density at radius 3 is 2.53 bits per heavy atom. The monoisotopic (exact) mass is 209 g/mol. The molecule has 0 radical (unpaired) electrons. The number of hydrogen-bond donors (Lipinski definition) is 2. The molecule has 1 rings (SSSR count). The van der Waals surface area contributed by atoms with Gasteiger partial charge in [0.05, 0.1) is 7.11 Å². The molecule has 84 valence electrons. The zero-order valence-electron chi connectivity index (χ0n) is 9.79. The van der Waals surface area contributed by atoms with Crippen molar-refractivity contribution in [3.63, 3.8) is 0 Å². The molecule has 15 heavy (non-hydrogen) atoms. The lowest BCUT2D eigenvalue weighted by molar-refractivity contribution is 0.387. The van der Waals surface area contributed by atoms with Crippen LogP contribution in [0.25, 0.3) is 0 Å². The molecule has 0 heterocycles.